The third kappa shape index (κ3) is 4.18. The SMILES string of the molecule is Cc1cccc(C2CCN(C(=O)c3cccc(OCC(=O)O)c3)C2)c1. The van der Waals surface area contributed by atoms with Gasteiger partial charge >= 0.3 is 5.97 Å². The zero-order chi connectivity index (χ0) is 17.8. The van der Waals surface area contributed by atoms with Crippen molar-refractivity contribution in [3.63, 3.8) is 0 Å². The van der Waals surface area contributed by atoms with Crippen LogP contribution in [-0.2, 0) is 4.79 Å². The molecule has 1 unspecified atom stereocenters. The minimum Gasteiger partial charge on any atom is -0.482 e. The highest BCUT2D eigenvalue weighted by molar-refractivity contribution is 5.94. The number of rotatable bonds is 5. The third-order valence-electron chi connectivity index (χ3n) is 4.43. The fourth-order valence-electron chi connectivity index (χ4n) is 3.19. The molecule has 1 aliphatic rings. The number of carbonyl (C=O) groups is 2. The Bertz CT molecular complexity index is 787. The second-order valence-electron chi connectivity index (χ2n) is 6.36. The first-order valence-corrected chi connectivity index (χ1v) is 8.33. The Balaban J connectivity index is 1.68. The summed E-state index contributed by atoms with van der Waals surface area (Å²) in [6.07, 6.45) is 0.949. The molecular formula is C20H21NO4. The standard InChI is InChI=1S/C20H21NO4/c1-14-4-2-5-15(10-14)17-8-9-21(12-17)20(24)16-6-3-7-18(11-16)25-13-19(22)23/h2-7,10-11,17H,8-9,12-13H2,1H3,(H,22,23). The van der Waals surface area contributed by atoms with Crippen LogP contribution in [0.1, 0.15) is 33.8 Å². The number of amides is 1. The lowest BCUT2D eigenvalue weighted by molar-refractivity contribution is -0.139. The van der Waals surface area contributed by atoms with E-state index in [0.29, 0.717) is 23.8 Å². The van der Waals surface area contributed by atoms with E-state index in [1.807, 2.05) is 4.90 Å². The Morgan fingerprint density at radius 2 is 2.00 bits per heavy atom. The van der Waals surface area contributed by atoms with Crippen LogP contribution in [0.3, 0.4) is 0 Å². The van der Waals surface area contributed by atoms with Crippen molar-refractivity contribution in [3.8, 4) is 5.75 Å². The van der Waals surface area contributed by atoms with E-state index in [4.69, 9.17) is 9.84 Å². The molecule has 1 N–H and O–H groups in total. The van der Waals surface area contributed by atoms with Crippen LogP contribution in [0.4, 0.5) is 0 Å². The third-order valence-corrected chi connectivity index (χ3v) is 4.43. The van der Waals surface area contributed by atoms with E-state index in [9.17, 15) is 9.59 Å². The molecule has 1 amide bonds. The summed E-state index contributed by atoms with van der Waals surface area (Å²) in [4.78, 5) is 25.2. The monoisotopic (exact) mass is 339 g/mol. The zero-order valence-corrected chi connectivity index (χ0v) is 14.1. The number of carboxylic acids is 1. The highest BCUT2D eigenvalue weighted by Gasteiger charge is 2.28. The van der Waals surface area contributed by atoms with E-state index < -0.39 is 12.6 Å². The molecule has 25 heavy (non-hydrogen) atoms. The molecule has 1 aliphatic heterocycles. The number of aliphatic carboxylic acids is 1. The Kier molecular flexibility index (Phi) is 5.03. The number of likely N-dealkylation sites (tertiary alicyclic amines) is 1. The van der Waals surface area contributed by atoms with Crippen LogP contribution in [0, 0.1) is 6.92 Å². The van der Waals surface area contributed by atoms with E-state index in [2.05, 4.69) is 31.2 Å². The summed E-state index contributed by atoms with van der Waals surface area (Å²) < 4.78 is 5.15. The van der Waals surface area contributed by atoms with E-state index >= 15 is 0 Å². The number of nitrogens with zero attached hydrogens (tertiary/aromatic N) is 1. The highest BCUT2D eigenvalue weighted by atomic mass is 16.5. The van der Waals surface area contributed by atoms with Crippen molar-refractivity contribution < 1.29 is 19.4 Å². The summed E-state index contributed by atoms with van der Waals surface area (Å²) >= 11 is 0. The molecule has 0 bridgehead atoms. The first-order valence-electron chi connectivity index (χ1n) is 8.33. The van der Waals surface area contributed by atoms with Gasteiger partial charge in [-0.3, -0.25) is 4.79 Å². The van der Waals surface area contributed by atoms with Crippen molar-refractivity contribution in [3.05, 3.63) is 65.2 Å². The summed E-state index contributed by atoms with van der Waals surface area (Å²) in [5.41, 5.74) is 3.02. The summed E-state index contributed by atoms with van der Waals surface area (Å²) in [6.45, 7) is 3.07. The molecule has 130 valence electrons. The van der Waals surface area contributed by atoms with Crippen LogP contribution in [0.15, 0.2) is 48.5 Å². The number of carbonyl (C=O) groups excluding carboxylic acids is 1. The second kappa shape index (κ2) is 7.38. The predicted molar refractivity (Wildman–Crippen MR) is 94.0 cm³/mol. The van der Waals surface area contributed by atoms with Gasteiger partial charge in [0.05, 0.1) is 0 Å². The van der Waals surface area contributed by atoms with Crippen LogP contribution in [-0.4, -0.2) is 41.6 Å². The van der Waals surface area contributed by atoms with Crippen LogP contribution in [0.5, 0.6) is 5.75 Å². The first kappa shape index (κ1) is 17.0. The maximum absolute atomic E-state index is 12.7. The molecule has 0 aliphatic carbocycles. The lowest BCUT2D eigenvalue weighted by atomic mass is 9.97. The molecular weight excluding hydrogens is 318 g/mol. The van der Waals surface area contributed by atoms with Crippen LogP contribution >= 0.6 is 0 Å². The topological polar surface area (TPSA) is 66.8 Å². The van der Waals surface area contributed by atoms with E-state index in [-0.39, 0.29) is 5.91 Å². The Morgan fingerprint density at radius 1 is 1.20 bits per heavy atom. The van der Waals surface area contributed by atoms with Crippen LogP contribution in [0.25, 0.3) is 0 Å². The molecule has 2 aromatic rings. The van der Waals surface area contributed by atoms with Crippen molar-refractivity contribution in [1.29, 1.82) is 0 Å². The summed E-state index contributed by atoms with van der Waals surface area (Å²) in [5.74, 6) is -0.342. The van der Waals surface area contributed by atoms with Crippen LogP contribution in [0.2, 0.25) is 0 Å². The number of hydrogen-bond acceptors (Lipinski definition) is 3. The largest absolute Gasteiger partial charge is 0.482 e. The molecule has 1 fully saturated rings. The molecule has 3 rings (SSSR count). The smallest absolute Gasteiger partial charge is 0.341 e. The first-order chi connectivity index (χ1) is 12.0. The maximum Gasteiger partial charge on any atom is 0.341 e. The molecule has 1 heterocycles. The van der Waals surface area contributed by atoms with Gasteiger partial charge < -0.3 is 14.7 Å². The van der Waals surface area contributed by atoms with Crippen molar-refractivity contribution in [2.45, 2.75) is 19.3 Å². The van der Waals surface area contributed by atoms with Crippen molar-refractivity contribution in [2.24, 2.45) is 0 Å². The molecule has 0 spiro atoms. The number of carboxylic acid groups (broad SMARTS) is 1. The Hall–Kier alpha value is -2.82. The van der Waals surface area contributed by atoms with Gasteiger partial charge in [-0.15, -0.1) is 0 Å². The number of ether oxygens (including phenoxy) is 1. The van der Waals surface area contributed by atoms with Gasteiger partial charge in [0.15, 0.2) is 6.61 Å². The molecule has 5 heteroatoms. The van der Waals surface area contributed by atoms with E-state index in [0.717, 1.165) is 13.0 Å². The van der Waals surface area contributed by atoms with Gasteiger partial charge in [-0.2, -0.15) is 0 Å². The molecule has 0 aromatic heterocycles. The average Bonchev–Trinajstić information content (AvgIpc) is 3.10. The predicted octanol–water partition coefficient (Wildman–Crippen LogP) is 3.09. The Morgan fingerprint density at radius 3 is 2.76 bits per heavy atom. The lowest BCUT2D eigenvalue weighted by Gasteiger charge is -2.17. The van der Waals surface area contributed by atoms with E-state index in [1.165, 1.54) is 11.1 Å². The summed E-state index contributed by atoms with van der Waals surface area (Å²) in [6, 6.07) is 15.1. The minimum absolute atomic E-state index is 0.0454. The van der Waals surface area contributed by atoms with Gasteiger partial charge in [0.1, 0.15) is 5.75 Å². The average molecular weight is 339 g/mol. The van der Waals surface area contributed by atoms with Gasteiger partial charge in [0.25, 0.3) is 5.91 Å². The summed E-state index contributed by atoms with van der Waals surface area (Å²) in [5, 5.41) is 8.68. The van der Waals surface area contributed by atoms with Gasteiger partial charge in [-0.05, 0) is 37.1 Å². The summed E-state index contributed by atoms with van der Waals surface area (Å²) in [7, 11) is 0. The number of aryl methyl sites for hydroxylation is 1. The fraction of sp³-hybridized carbons (Fsp3) is 0.300. The maximum atomic E-state index is 12.7. The molecule has 0 saturated carbocycles. The molecule has 1 saturated heterocycles. The molecule has 5 nitrogen and oxygen atoms in total. The minimum atomic E-state index is -1.04. The lowest BCUT2D eigenvalue weighted by Crippen LogP contribution is -2.28. The molecule has 2 aromatic carbocycles. The van der Waals surface area contributed by atoms with Crippen molar-refractivity contribution in [1.82, 2.24) is 4.90 Å². The van der Waals surface area contributed by atoms with Crippen molar-refractivity contribution >= 4 is 11.9 Å². The van der Waals surface area contributed by atoms with E-state index in [1.54, 1.807) is 24.3 Å². The van der Waals surface area contributed by atoms with Gasteiger partial charge in [-0.25, -0.2) is 4.79 Å². The van der Waals surface area contributed by atoms with Gasteiger partial charge in [-0.1, -0.05) is 35.9 Å². The molecule has 1 atom stereocenters. The highest BCUT2D eigenvalue weighted by Crippen LogP contribution is 2.29. The molecule has 0 radical (unpaired) electrons. The second-order valence-corrected chi connectivity index (χ2v) is 6.36. The number of benzene rings is 2. The zero-order valence-electron chi connectivity index (χ0n) is 14.1. The van der Waals surface area contributed by atoms with Crippen LogP contribution < -0.4 is 4.74 Å². The normalized spacial score (nSPS) is 16.7. The van der Waals surface area contributed by atoms with Gasteiger partial charge in [0, 0.05) is 24.6 Å². The Labute approximate surface area is 146 Å². The number of hydrogen-bond donors (Lipinski definition) is 1. The quantitative estimate of drug-likeness (QED) is 0.909. The fourth-order valence-corrected chi connectivity index (χ4v) is 3.19. The van der Waals surface area contributed by atoms with Crippen molar-refractivity contribution in [2.75, 3.05) is 19.7 Å². The van der Waals surface area contributed by atoms with Gasteiger partial charge in [0.2, 0.25) is 0 Å².